The number of benzene rings is 2. The minimum atomic E-state index is -0.0723. The van der Waals surface area contributed by atoms with Crippen LogP contribution in [-0.4, -0.2) is 30.4 Å². The predicted molar refractivity (Wildman–Crippen MR) is 103 cm³/mol. The summed E-state index contributed by atoms with van der Waals surface area (Å²) < 4.78 is 0. The normalized spacial score (nSPS) is 16.2. The zero-order chi connectivity index (χ0) is 17.5. The summed E-state index contributed by atoms with van der Waals surface area (Å²) in [6.07, 6.45) is 5.85. The quantitative estimate of drug-likeness (QED) is 0.629. The zero-order valence-corrected chi connectivity index (χ0v) is 14.4. The van der Waals surface area contributed by atoms with Crippen LogP contribution >= 0.6 is 0 Å². The number of hydrogen-bond donors (Lipinski definition) is 2. The predicted octanol–water partition coefficient (Wildman–Crippen LogP) is 3.24. The number of carbonyl (C=O) groups is 1. The van der Waals surface area contributed by atoms with Gasteiger partial charge in [-0.2, -0.15) is 0 Å². The first-order valence-electron chi connectivity index (χ1n) is 8.83. The number of carbonyl (C=O) groups excluding carboxylic acids is 1. The summed E-state index contributed by atoms with van der Waals surface area (Å²) in [5.41, 5.74) is 8.61. The molecule has 130 valence electrons. The van der Waals surface area contributed by atoms with Gasteiger partial charge in [-0.25, -0.2) is 0 Å². The van der Waals surface area contributed by atoms with Gasteiger partial charge < -0.3 is 11.1 Å². The van der Waals surface area contributed by atoms with E-state index in [9.17, 15) is 4.79 Å². The van der Waals surface area contributed by atoms with Gasteiger partial charge in [-0.15, -0.1) is 0 Å². The molecule has 0 bridgehead atoms. The van der Waals surface area contributed by atoms with Crippen molar-refractivity contribution in [3.8, 4) is 0 Å². The van der Waals surface area contributed by atoms with Crippen LogP contribution in [0.1, 0.15) is 30.0 Å². The number of likely N-dealkylation sites (tertiary alicyclic amines) is 1. The fourth-order valence-electron chi connectivity index (χ4n) is 3.22. The van der Waals surface area contributed by atoms with Crippen LogP contribution in [0.2, 0.25) is 0 Å². The van der Waals surface area contributed by atoms with Gasteiger partial charge in [0.2, 0.25) is 5.91 Å². The Hall–Kier alpha value is -2.59. The van der Waals surface area contributed by atoms with Gasteiger partial charge in [0, 0.05) is 18.3 Å². The van der Waals surface area contributed by atoms with Gasteiger partial charge in [0.15, 0.2) is 0 Å². The molecule has 1 saturated heterocycles. The van der Waals surface area contributed by atoms with E-state index in [1.807, 2.05) is 36.4 Å². The van der Waals surface area contributed by atoms with E-state index in [4.69, 9.17) is 5.73 Å². The molecule has 1 heterocycles. The lowest BCUT2D eigenvalue weighted by molar-refractivity contribution is -0.116. The highest BCUT2D eigenvalue weighted by atomic mass is 16.1. The third kappa shape index (κ3) is 4.94. The molecule has 3 rings (SSSR count). The van der Waals surface area contributed by atoms with Crippen LogP contribution in [0.3, 0.4) is 0 Å². The van der Waals surface area contributed by atoms with Gasteiger partial charge in [-0.1, -0.05) is 42.5 Å². The maximum atomic E-state index is 12.2. The Morgan fingerprint density at radius 1 is 1.08 bits per heavy atom. The van der Waals surface area contributed by atoms with Crippen LogP contribution in [0.15, 0.2) is 60.7 Å². The Bertz CT molecular complexity index is 704. The van der Waals surface area contributed by atoms with Crippen LogP contribution < -0.4 is 11.1 Å². The molecule has 0 aromatic heterocycles. The van der Waals surface area contributed by atoms with E-state index in [0.717, 1.165) is 24.3 Å². The van der Waals surface area contributed by atoms with Crippen molar-refractivity contribution in [1.82, 2.24) is 10.2 Å². The van der Waals surface area contributed by atoms with Crippen LogP contribution in [0.4, 0.5) is 5.69 Å². The number of amides is 1. The average Bonchev–Trinajstić information content (AvgIpc) is 3.17. The smallest absolute Gasteiger partial charge is 0.244 e. The second-order valence-corrected chi connectivity index (χ2v) is 6.41. The first-order valence-corrected chi connectivity index (χ1v) is 8.83. The largest absolute Gasteiger partial charge is 0.399 e. The van der Waals surface area contributed by atoms with Crippen molar-refractivity contribution >= 4 is 17.7 Å². The van der Waals surface area contributed by atoms with Gasteiger partial charge in [0.1, 0.15) is 0 Å². The lowest BCUT2D eigenvalue weighted by Crippen LogP contribution is -2.36. The van der Waals surface area contributed by atoms with E-state index < -0.39 is 0 Å². The van der Waals surface area contributed by atoms with Crippen molar-refractivity contribution in [3.05, 3.63) is 71.8 Å². The van der Waals surface area contributed by atoms with Crippen molar-refractivity contribution in [2.75, 3.05) is 25.4 Å². The molecule has 0 spiro atoms. The fourth-order valence-corrected chi connectivity index (χ4v) is 3.22. The number of rotatable bonds is 6. The van der Waals surface area contributed by atoms with E-state index in [1.165, 1.54) is 18.4 Å². The number of nitrogens with zero attached hydrogens (tertiary/aromatic N) is 1. The lowest BCUT2D eigenvalue weighted by atomic mass is 10.1. The molecule has 1 aliphatic heterocycles. The summed E-state index contributed by atoms with van der Waals surface area (Å²) in [4.78, 5) is 14.7. The number of nitrogens with one attached hydrogen (secondary N) is 1. The van der Waals surface area contributed by atoms with E-state index in [1.54, 1.807) is 6.08 Å². The standard InChI is InChI=1S/C21H25N3O/c22-19-11-8-17(9-12-19)10-13-21(25)23-16-20(24-14-4-5-15-24)18-6-2-1-3-7-18/h1-3,6-13,20H,4-5,14-16,22H2,(H,23,25)/b13-10+. The van der Waals surface area contributed by atoms with Crippen molar-refractivity contribution in [3.63, 3.8) is 0 Å². The molecule has 1 unspecified atom stereocenters. The Balaban J connectivity index is 1.60. The van der Waals surface area contributed by atoms with Crippen LogP contribution in [-0.2, 0) is 4.79 Å². The molecule has 4 nitrogen and oxygen atoms in total. The fraction of sp³-hybridized carbons (Fsp3) is 0.286. The molecular weight excluding hydrogens is 310 g/mol. The number of nitrogens with two attached hydrogens (primary N) is 1. The summed E-state index contributed by atoms with van der Waals surface area (Å²) in [6.45, 7) is 2.81. The van der Waals surface area contributed by atoms with E-state index >= 15 is 0 Å². The molecule has 1 amide bonds. The van der Waals surface area contributed by atoms with Crippen molar-refractivity contribution in [1.29, 1.82) is 0 Å². The van der Waals surface area contributed by atoms with Gasteiger partial charge in [0.25, 0.3) is 0 Å². The van der Waals surface area contributed by atoms with Crippen LogP contribution in [0.25, 0.3) is 6.08 Å². The molecule has 0 radical (unpaired) electrons. The molecule has 1 fully saturated rings. The molecule has 2 aromatic carbocycles. The van der Waals surface area contributed by atoms with Crippen molar-refractivity contribution in [2.24, 2.45) is 0 Å². The van der Waals surface area contributed by atoms with E-state index in [2.05, 4.69) is 34.5 Å². The lowest BCUT2D eigenvalue weighted by Gasteiger charge is -2.28. The first kappa shape index (κ1) is 17.2. The second-order valence-electron chi connectivity index (χ2n) is 6.41. The third-order valence-corrected chi connectivity index (χ3v) is 4.60. The van der Waals surface area contributed by atoms with Crippen LogP contribution in [0.5, 0.6) is 0 Å². The van der Waals surface area contributed by atoms with Crippen molar-refractivity contribution in [2.45, 2.75) is 18.9 Å². The molecule has 1 atom stereocenters. The Labute approximate surface area is 149 Å². The topological polar surface area (TPSA) is 58.4 Å². The van der Waals surface area contributed by atoms with Gasteiger partial charge in [-0.05, 0) is 55.3 Å². The Morgan fingerprint density at radius 3 is 2.44 bits per heavy atom. The molecule has 4 heteroatoms. The summed E-state index contributed by atoms with van der Waals surface area (Å²) in [7, 11) is 0. The monoisotopic (exact) mass is 335 g/mol. The van der Waals surface area contributed by atoms with Gasteiger partial charge in [-0.3, -0.25) is 9.69 Å². The zero-order valence-electron chi connectivity index (χ0n) is 14.4. The number of hydrogen-bond acceptors (Lipinski definition) is 3. The minimum absolute atomic E-state index is 0.0723. The molecule has 3 N–H and O–H groups in total. The molecule has 25 heavy (non-hydrogen) atoms. The molecule has 0 aliphatic carbocycles. The number of anilines is 1. The highest BCUT2D eigenvalue weighted by molar-refractivity contribution is 5.91. The molecule has 2 aromatic rings. The summed E-state index contributed by atoms with van der Waals surface area (Å²) in [6, 6.07) is 18.1. The number of nitrogen functional groups attached to an aromatic ring is 1. The van der Waals surface area contributed by atoms with Crippen molar-refractivity contribution < 1.29 is 4.79 Å². The molecule has 0 saturated carbocycles. The SMILES string of the molecule is Nc1ccc(/C=C/C(=O)NCC(c2ccccc2)N2CCCC2)cc1. The Morgan fingerprint density at radius 2 is 1.76 bits per heavy atom. The van der Waals surface area contributed by atoms with Gasteiger partial charge >= 0.3 is 0 Å². The third-order valence-electron chi connectivity index (χ3n) is 4.60. The summed E-state index contributed by atoms with van der Waals surface area (Å²) in [5.74, 6) is -0.0723. The summed E-state index contributed by atoms with van der Waals surface area (Å²) >= 11 is 0. The minimum Gasteiger partial charge on any atom is -0.399 e. The second kappa shape index (κ2) is 8.49. The average molecular weight is 335 g/mol. The highest BCUT2D eigenvalue weighted by Gasteiger charge is 2.23. The highest BCUT2D eigenvalue weighted by Crippen LogP contribution is 2.24. The first-order chi connectivity index (χ1) is 12.2. The summed E-state index contributed by atoms with van der Waals surface area (Å²) in [5, 5.41) is 3.05. The molecular formula is C21H25N3O. The molecule has 1 aliphatic rings. The maximum Gasteiger partial charge on any atom is 0.244 e. The van der Waals surface area contributed by atoms with Gasteiger partial charge in [0.05, 0.1) is 6.04 Å². The van der Waals surface area contributed by atoms with E-state index in [-0.39, 0.29) is 11.9 Å². The van der Waals surface area contributed by atoms with Crippen LogP contribution in [0, 0.1) is 0 Å². The maximum absolute atomic E-state index is 12.2. The Kier molecular flexibility index (Phi) is 5.86. The van der Waals surface area contributed by atoms with E-state index in [0.29, 0.717) is 6.54 Å².